The Bertz CT molecular complexity index is 1380. The molecule has 0 aliphatic carbocycles. The Hall–Kier alpha value is -2.15. The van der Waals surface area contributed by atoms with Crippen LogP contribution in [0.2, 0.25) is 0 Å². The summed E-state index contributed by atoms with van der Waals surface area (Å²) < 4.78 is 24.2. The number of carboxylic acids is 2. The van der Waals surface area contributed by atoms with Crippen LogP contribution >= 0.6 is 82.3 Å². The molecule has 0 spiro atoms. The average Bonchev–Trinajstić information content (AvgIpc) is 3.87. The predicted octanol–water partition coefficient (Wildman–Crippen LogP) is 7.56. The first kappa shape index (κ1) is 43.6. The summed E-state index contributed by atoms with van der Waals surface area (Å²) in [4.78, 5) is 48.0. The molecular weight excluding hydrogens is 817 g/mol. The van der Waals surface area contributed by atoms with Gasteiger partial charge in [-0.2, -0.15) is 23.5 Å². The largest absolute Gasteiger partial charge is 0.490 e. The van der Waals surface area contributed by atoms with E-state index < -0.39 is 36.1 Å². The lowest BCUT2D eigenvalue weighted by molar-refractivity contribution is -0.144. The zero-order valence-corrected chi connectivity index (χ0v) is 34.5. The molecule has 2 fully saturated rings. The van der Waals surface area contributed by atoms with E-state index in [0.29, 0.717) is 32.2 Å². The van der Waals surface area contributed by atoms with Crippen LogP contribution in [0.15, 0.2) is 82.6 Å². The minimum Gasteiger partial charge on any atom is -0.490 e. The first-order valence-electron chi connectivity index (χ1n) is 16.7. The van der Waals surface area contributed by atoms with E-state index in [-0.39, 0.29) is 13.2 Å². The number of hydrogen-bond donors (Lipinski definition) is 2. The first-order valence-corrected chi connectivity index (χ1v) is 24.0. The fraction of sp³-hybridized carbons (Fsp3) is 0.444. The van der Waals surface area contributed by atoms with Gasteiger partial charge in [-0.3, -0.25) is 0 Å². The van der Waals surface area contributed by atoms with Gasteiger partial charge in [0, 0.05) is 68.6 Å². The minimum atomic E-state index is -1.22. The number of carbonyl (C=O) groups is 4. The van der Waals surface area contributed by atoms with Crippen LogP contribution in [0.1, 0.15) is 12.8 Å². The molecular formula is C36H42O10S7. The first-order chi connectivity index (χ1) is 25.7. The van der Waals surface area contributed by atoms with Crippen LogP contribution in [-0.4, -0.2) is 115 Å². The van der Waals surface area contributed by atoms with Gasteiger partial charge >= 0.3 is 23.9 Å². The lowest BCUT2D eigenvalue weighted by Crippen LogP contribution is -2.27. The van der Waals surface area contributed by atoms with Crippen LogP contribution in [-0.2, 0) is 28.7 Å². The number of thioether (sulfide) groups is 6. The molecule has 53 heavy (non-hydrogen) atoms. The van der Waals surface area contributed by atoms with Crippen molar-refractivity contribution < 1.29 is 48.3 Å². The van der Waals surface area contributed by atoms with Gasteiger partial charge in [-0.1, -0.05) is 11.8 Å². The predicted molar refractivity (Wildman–Crippen MR) is 223 cm³/mol. The van der Waals surface area contributed by atoms with Crippen molar-refractivity contribution in [3.05, 3.63) is 72.8 Å². The van der Waals surface area contributed by atoms with Crippen LogP contribution in [0, 0.1) is 0 Å². The van der Waals surface area contributed by atoms with Gasteiger partial charge in [-0.05, 0) is 72.9 Å². The van der Waals surface area contributed by atoms with Crippen molar-refractivity contribution in [2.75, 3.05) is 59.2 Å². The van der Waals surface area contributed by atoms with Crippen molar-refractivity contribution in [1.29, 1.82) is 0 Å². The maximum absolute atomic E-state index is 12.2. The molecule has 2 N–H and O–H groups in total. The molecule has 0 bridgehead atoms. The quantitative estimate of drug-likeness (QED) is 0.0608. The second-order valence-electron chi connectivity index (χ2n) is 11.2. The number of esters is 2. The van der Waals surface area contributed by atoms with Crippen LogP contribution < -0.4 is 9.47 Å². The molecule has 17 heteroatoms. The van der Waals surface area contributed by atoms with Gasteiger partial charge in [-0.25, -0.2) is 19.2 Å². The monoisotopic (exact) mass is 858 g/mol. The van der Waals surface area contributed by atoms with E-state index in [1.165, 1.54) is 23.0 Å². The lowest BCUT2D eigenvalue weighted by atomic mass is 10.3. The van der Waals surface area contributed by atoms with Crippen LogP contribution in [0.25, 0.3) is 0 Å². The molecule has 2 aliphatic rings. The van der Waals surface area contributed by atoms with E-state index in [0.717, 1.165) is 58.4 Å². The van der Waals surface area contributed by atoms with Crippen LogP contribution in [0.5, 0.6) is 11.5 Å². The molecule has 10 nitrogen and oxygen atoms in total. The number of ether oxygens (including phenoxy) is 4. The summed E-state index contributed by atoms with van der Waals surface area (Å²) in [6, 6.07) is 15.1. The Morgan fingerprint density at radius 2 is 1.00 bits per heavy atom. The summed E-state index contributed by atoms with van der Waals surface area (Å²) in [5.41, 5.74) is 0. The number of carboxylic acid groups (broad SMARTS) is 2. The van der Waals surface area contributed by atoms with E-state index in [9.17, 15) is 19.2 Å². The summed E-state index contributed by atoms with van der Waals surface area (Å²) in [5, 5.41) is 17.7. The molecule has 4 rings (SSSR count). The fourth-order valence-electron chi connectivity index (χ4n) is 4.58. The van der Waals surface area contributed by atoms with E-state index in [1.807, 2.05) is 95.6 Å². The van der Waals surface area contributed by atoms with Gasteiger partial charge in [0.25, 0.3) is 0 Å². The topological polar surface area (TPSA) is 146 Å². The molecule has 0 amide bonds. The number of carbonyl (C=O) groups excluding carboxylic acids is 2. The normalized spacial score (nSPS) is 16.2. The number of benzene rings is 2. The van der Waals surface area contributed by atoms with E-state index in [4.69, 9.17) is 29.2 Å². The highest BCUT2D eigenvalue weighted by Crippen LogP contribution is 2.36. The van der Waals surface area contributed by atoms with Crippen molar-refractivity contribution in [3.8, 4) is 11.5 Å². The average molecular weight is 859 g/mol. The maximum atomic E-state index is 12.2. The van der Waals surface area contributed by atoms with E-state index in [1.54, 1.807) is 35.3 Å². The van der Waals surface area contributed by atoms with Crippen LogP contribution in [0.4, 0.5) is 0 Å². The van der Waals surface area contributed by atoms with Crippen LogP contribution in [0.3, 0.4) is 0 Å². The van der Waals surface area contributed by atoms with Gasteiger partial charge < -0.3 is 29.2 Å². The Kier molecular flexibility index (Phi) is 20.6. The molecule has 2 unspecified atom stereocenters. The third-order valence-electron chi connectivity index (χ3n) is 7.03. The minimum absolute atomic E-state index is 0.136. The van der Waals surface area contributed by atoms with Crippen molar-refractivity contribution in [2.45, 2.75) is 44.0 Å². The zero-order chi connectivity index (χ0) is 37.7. The second-order valence-corrected chi connectivity index (χ2v) is 20.5. The zero-order valence-electron chi connectivity index (χ0n) is 28.7. The highest BCUT2D eigenvalue weighted by molar-refractivity contribution is 8.20. The van der Waals surface area contributed by atoms with Crippen molar-refractivity contribution >= 4 is 106 Å². The smallest absolute Gasteiger partial charge is 0.331 e. The van der Waals surface area contributed by atoms with Gasteiger partial charge in [0.1, 0.15) is 36.9 Å². The van der Waals surface area contributed by atoms with E-state index >= 15 is 0 Å². The Morgan fingerprint density at radius 3 is 1.36 bits per heavy atom. The molecule has 0 aromatic heterocycles. The van der Waals surface area contributed by atoms with Crippen molar-refractivity contribution in [1.82, 2.24) is 0 Å². The molecule has 2 aliphatic heterocycles. The Balaban J connectivity index is 1.23. The fourth-order valence-corrected chi connectivity index (χ4v) is 13.6. The summed E-state index contributed by atoms with van der Waals surface area (Å²) >= 11 is 12.9. The van der Waals surface area contributed by atoms with E-state index in [2.05, 4.69) is 0 Å². The molecule has 2 aromatic rings. The standard InChI is InChI=1S/C36H42O10S7/c37-31(38)9-11-33(41)45-27(23-47-15-13-35-49-17-18-50-35)21-43-25-1-5-29(6-2-25)53-30-7-3-26(4-8-30)44-22-28(46-34(42)12-10-32(39)40)24-48-16-14-36-51-19-20-52-36/h1-12,27-28,35-36H,13-24H2,(H,37,38)(H,39,40). The number of rotatable bonds is 24. The summed E-state index contributed by atoms with van der Waals surface area (Å²) in [5.74, 6) is 5.04. The molecule has 0 radical (unpaired) electrons. The Labute approximate surface area is 339 Å². The number of hydrogen-bond acceptors (Lipinski definition) is 15. The summed E-state index contributed by atoms with van der Waals surface area (Å²) in [6.45, 7) is 0.272. The van der Waals surface area contributed by atoms with Gasteiger partial charge in [0.05, 0.1) is 9.16 Å². The maximum Gasteiger partial charge on any atom is 0.331 e. The molecule has 2 heterocycles. The highest BCUT2D eigenvalue weighted by Gasteiger charge is 2.20. The van der Waals surface area contributed by atoms with Gasteiger partial charge in [-0.15, -0.1) is 47.0 Å². The summed E-state index contributed by atoms with van der Waals surface area (Å²) in [6.07, 6.45) is 4.40. The molecule has 2 atom stereocenters. The van der Waals surface area contributed by atoms with Crippen molar-refractivity contribution in [3.63, 3.8) is 0 Å². The Morgan fingerprint density at radius 1 is 0.623 bits per heavy atom. The second kappa shape index (κ2) is 25.1. The molecule has 2 saturated heterocycles. The van der Waals surface area contributed by atoms with Crippen molar-refractivity contribution in [2.24, 2.45) is 0 Å². The third-order valence-corrected chi connectivity index (χ3v) is 16.6. The molecule has 2 aromatic carbocycles. The molecule has 0 saturated carbocycles. The number of aliphatic carboxylic acids is 2. The third kappa shape index (κ3) is 18.8. The van der Waals surface area contributed by atoms with Gasteiger partial charge in [0.2, 0.25) is 0 Å². The molecule has 288 valence electrons. The SMILES string of the molecule is O=C(O)C=CC(=O)OC(COc1ccc(Sc2ccc(OCC(CSCCC3SCCS3)OC(=O)C=CC(=O)O)cc2)cc1)CSCCC1SCCS1. The summed E-state index contributed by atoms with van der Waals surface area (Å²) in [7, 11) is 0. The van der Waals surface area contributed by atoms with Gasteiger partial charge in [0.15, 0.2) is 0 Å². The lowest BCUT2D eigenvalue weighted by Gasteiger charge is -2.18. The highest BCUT2D eigenvalue weighted by atomic mass is 32.2.